The van der Waals surface area contributed by atoms with Crippen LogP contribution in [-0.4, -0.2) is 28.2 Å². The molecule has 0 aliphatic carbocycles. The van der Waals surface area contributed by atoms with Crippen LogP contribution in [0, 0.1) is 13.8 Å². The number of methoxy groups -OCH3 is 1. The van der Waals surface area contributed by atoms with Crippen molar-refractivity contribution < 1.29 is 14.6 Å². The van der Waals surface area contributed by atoms with Gasteiger partial charge in [0.15, 0.2) is 5.82 Å². The Bertz CT molecular complexity index is 445. The van der Waals surface area contributed by atoms with E-state index in [1.807, 2.05) is 27.7 Å². The molecule has 0 saturated heterocycles. The highest BCUT2D eigenvalue weighted by Crippen LogP contribution is 2.26. The summed E-state index contributed by atoms with van der Waals surface area (Å²) in [4.78, 5) is 19.6. The topological polar surface area (TPSA) is 72.3 Å². The molecular weight excluding hydrogens is 244 g/mol. The van der Waals surface area contributed by atoms with Gasteiger partial charge in [0.2, 0.25) is 0 Å². The Labute approximate surface area is 114 Å². The largest absolute Gasteiger partial charge is 0.481 e. The van der Waals surface area contributed by atoms with Crippen LogP contribution in [0.5, 0.6) is 0 Å². The van der Waals surface area contributed by atoms with E-state index in [1.54, 1.807) is 7.11 Å². The second-order valence-corrected chi connectivity index (χ2v) is 4.88. The van der Waals surface area contributed by atoms with Crippen LogP contribution in [0.2, 0.25) is 0 Å². The van der Waals surface area contributed by atoms with Crippen molar-refractivity contribution in [2.24, 2.45) is 0 Å². The number of aliphatic carboxylic acids is 1. The van der Waals surface area contributed by atoms with E-state index >= 15 is 0 Å². The molecule has 0 radical (unpaired) electrons. The quantitative estimate of drug-likeness (QED) is 0.855. The standard InChI is InChI=1S/C14H22N2O3/c1-6-14(4,19-5)13-15-9(2)11(10(3)16-13)7-8-12(17)18/h6-8H2,1-5H3,(H,17,18). The van der Waals surface area contributed by atoms with Gasteiger partial charge in [-0.2, -0.15) is 0 Å². The Balaban J connectivity index is 3.13. The normalized spacial score (nSPS) is 14.2. The Hall–Kier alpha value is -1.49. The molecule has 106 valence electrons. The Morgan fingerprint density at radius 1 is 1.32 bits per heavy atom. The van der Waals surface area contributed by atoms with Crippen molar-refractivity contribution in [3.63, 3.8) is 0 Å². The Morgan fingerprint density at radius 3 is 2.21 bits per heavy atom. The molecule has 19 heavy (non-hydrogen) atoms. The lowest BCUT2D eigenvalue weighted by Crippen LogP contribution is -2.27. The smallest absolute Gasteiger partial charge is 0.303 e. The van der Waals surface area contributed by atoms with Crippen LogP contribution in [0.25, 0.3) is 0 Å². The summed E-state index contributed by atoms with van der Waals surface area (Å²) < 4.78 is 5.50. The fourth-order valence-electron chi connectivity index (χ4n) is 1.96. The van der Waals surface area contributed by atoms with E-state index < -0.39 is 11.6 Å². The summed E-state index contributed by atoms with van der Waals surface area (Å²) in [6.07, 6.45) is 1.33. The van der Waals surface area contributed by atoms with Crippen LogP contribution >= 0.6 is 0 Å². The lowest BCUT2D eigenvalue weighted by Gasteiger charge is -2.26. The van der Waals surface area contributed by atoms with Gasteiger partial charge in [-0.3, -0.25) is 4.79 Å². The molecule has 1 aromatic heterocycles. The summed E-state index contributed by atoms with van der Waals surface area (Å²) in [6.45, 7) is 7.76. The zero-order chi connectivity index (χ0) is 14.6. The van der Waals surface area contributed by atoms with Crippen molar-refractivity contribution in [3.8, 4) is 0 Å². The van der Waals surface area contributed by atoms with Gasteiger partial charge in [-0.05, 0) is 39.2 Å². The molecule has 1 heterocycles. The molecule has 1 atom stereocenters. The highest BCUT2D eigenvalue weighted by Gasteiger charge is 2.28. The highest BCUT2D eigenvalue weighted by atomic mass is 16.5. The van der Waals surface area contributed by atoms with Crippen LogP contribution in [0.3, 0.4) is 0 Å². The average molecular weight is 266 g/mol. The van der Waals surface area contributed by atoms with Gasteiger partial charge < -0.3 is 9.84 Å². The van der Waals surface area contributed by atoms with Crippen LogP contribution < -0.4 is 0 Å². The van der Waals surface area contributed by atoms with Crippen LogP contribution in [0.4, 0.5) is 0 Å². The first-order chi connectivity index (χ1) is 8.84. The molecule has 1 unspecified atom stereocenters. The molecule has 1 rings (SSSR count). The van der Waals surface area contributed by atoms with Gasteiger partial charge in [-0.25, -0.2) is 9.97 Å². The summed E-state index contributed by atoms with van der Waals surface area (Å²) in [5.74, 6) is -0.148. The molecular formula is C14H22N2O3. The molecule has 0 aromatic carbocycles. The number of aromatic nitrogens is 2. The van der Waals surface area contributed by atoms with Gasteiger partial charge in [0.05, 0.1) is 0 Å². The monoisotopic (exact) mass is 266 g/mol. The molecule has 0 bridgehead atoms. The second kappa shape index (κ2) is 6.10. The van der Waals surface area contributed by atoms with Gasteiger partial charge in [0.1, 0.15) is 5.60 Å². The molecule has 5 nitrogen and oxygen atoms in total. The van der Waals surface area contributed by atoms with E-state index in [9.17, 15) is 4.79 Å². The van der Waals surface area contributed by atoms with Gasteiger partial charge in [0, 0.05) is 24.9 Å². The fourth-order valence-corrected chi connectivity index (χ4v) is 1.96. The first kappa shape index (κ1) is 15.6. The minimum absolute atomic E-state index is 0.0969. The molecule has 0 amide bonds. The van der Waals surface area contributed by atoms with E-state index in [1.165, 1.54) is 0 Å². The van der Waals surface area contributed by atoms with E-state index in [0.717, 1.165) is 23.4 Å². The van der Waals surface area contributed by atoms with Crippen molar-refractivity contribution in [1.82, 2.24) is 9.97 Å². The maximum Gasteiger partial charge on any atom is 0.303 e. The van der Waals surface area contributed by atoms with Crippen molar-refractivity contribution >= 4 is 5.97 Å². The van der Waals surface area contributed by atoms with Crippen molar-refractivity contribution in [2.45, 2.75) is 52.6 Å². The molecule has 0 spiro atoms. The molecule has 1 aromatic rings. The van der Waals surface area contributed by atoms with E-state index in [-0.39, 0.29) is 6.42 Å². The van der Waals surface area contributed by atoms with Gasteiger partial charge in [-0.15, -0.1) is 0 Å². The van der Waals surface area contributed by atoms with Crippen molar-refractivity contribution in [2.75, 3.05) is 7.11 Å². The minimum Gasteiger partial charge on any atom is -0.481 e. The number of carboxylic acid groups (broad SMARTS) is 1. The molecule has 0 saturated carbocycles. The van der Waals surface area contributed by atoms with Crippen molar-refractivity contribution in [3.05, 3.63) is 22.8 Å². The SMILES string of the molecule is CCC(C)(OC)c1nc(C)c(CCC(=O)O)c(C)n1. The molecule has 5 heteroatoms. The van der Waals surface area contributed by atoms with Gasteiger partial charge >= 0.3 is 5.97 Å². The number of carbonyl (C=O) groups is 1. The van der Waals surface area contributed by atoms with E-state index in [0.29, 0.717) is 12.2 Å². The lowest BCUT2D eigenvalue weighted by molar-refractivity contribution is -0.136. The zero-order valence-electron chi connectivity index (χ0n) is 12.3. The number of hydrogen-bond donors (Lipinski definition) is 1. The van der Waals surface area contributed by atoms with Gasteiger partial charge in [-0.1, -0.05) is 6.92 Å². The third kappa shape index (κ3) is 3.50. The summed E-state index contributed by atoms with van der Waals surface area (Å²) in [5.41, 5.74) is 2.09. The number of nitrogens with zero attached hydrogens (tertiary/aromatic N) is 2. The zero-order valence-corrected chi connectivity index (χ0v) is 12.3. The summed E-state index contributed by atoms with van der Waals surface area (Å²) in [5, 5.41) is 8.76. The second-order valence-electron chi connectivity index (χ2n) is 4.88. The molecule has 1 N–H and O–H groups in total. The lowest BCUT2D eigenvalue weighted by atomic mass is 10.0. The van der Waals surface area contributed by atoms with Crippen LogP contribution in [-0.2, 0) is 21.6 Å². The predicted octanol–water partition coefficient (Wildman–Crippen LogP) is 2.38. The maximum absolute atomic E-state index is 10.7. The van der Waals surface area contributed by atoms with Crippen LogP contribution in [0.1, 0.15) is 49.5 Å². The van der Waals surface area contributed by atoms with Crippen LogP contribution in [0.15, 0.2) is 0 Å². The summed E-state index contributed by atoms with van der Waals surface area (Å²) >= 11 is 0. The molecule has 0 fully saturated rings. The average Bonchev–Trinajstić information content (AvgIpc) is 2.36. The van der Waals surface area contributed by atoms with E-state index in [4.69, 9.17) is 9.84 Å². The van der Waals surface area contributed by atoms with Gasteiger partial charge in [0.25, 0.3) is 0 Å². The third-order valence-electron chi connectivity index (χ3n) is 3.61. The molecule has 0 aliphatic rings. The molecule has 0 aliphatic heterocycles. The number of rotatable bonds is 6. The summed E-state index contributed by atoms with van der Waals surface area (Å²) in [6, 6.07) is 0. The fraction of sp³-hybridized carbons (Fsp3) is 0.643. The Kier molecular flexibility index (Phi) is 5.00. The maximum atomic E-state index is 10.7. The predicted molar refractivity (Wildman–Crippen MR) is 72.1 cm³/mol. The number of hydrogen-bond acceptors (Lipinski definition) is 4. The Morgan fingerprint density at radius 2 is 1.84 bits per heavy atom. The minimum atomic E-state index is -0.807. The summed E-state index contributed by atoms with van der Waals surface area (Å²) in [7, 11) is 1.65. The first-order valence-electron chi connectivity index (χ1n) is 6.45. The number of carboxylic acids is 1. The van der Waals surface area contributed by atoms with E-state index in [2.05, 4.69) is 9.97 Å². The van der Waals surface area contributed by atoms with Crippen molar-refractivity contribution in [1.29, 1.82) is 0 Å². The third-order valence-corrected chi connectivity index (χ3v) is 3.61. The number of ether oxygens (including phenoxy) is 1. The number of aryl methyl sites for hydroxylation is 2. The highest BCUT2D eigenvalue weighted by molar-refractivity contribution is 5.67. The first-order valence-corrected chi connectivity index (χ1v) is 6.45.